The van der Waals surface area contributed by atoms with Crippen molar-refractivity contribution in [1.29, 1.82) is 0 Å². The van der Waals surface area contributed by atoms with Crippen LogP contribution in [0.3, 0.4) is 0 Å². The third kappa shape index (κ3) is 2.51. The molecule has 1 N–H and O–H groups in total. The molecule has 1 aromatic carbocycles. The van der Waals surface area contributed by atoms with Crippen LogP contribution in [0.1, 0.15) is 30.5 Å². The van der Waals surface area contributed by atoms with E-state index < -0.39 is 0 Å². The van der Waals surface area contributed by atoms with Crippen molar-refractivity contribution in [2.75, 3.05) is 6.54 Å². The Kier molecular flexibility index (Phi) is 3.63. The summed E-state index contributed by atoms with van der Waals surface area (Å²) in [6, 6.07) is 5.84. The van der Waals surface area contributed by atoms with Crippen LogP contribution in [0.2, 0.25) is 5.02 Å². The van der Waals surface area contributed by atoms with Gasteiger partial charge >= 0.3 is 0 Å². The van der Waals surface area contributed by atoms with Crippen LogP contribution in [-0.4, -0.2) is 11.3 Å². The van der Waals surface area contributed by atoms with E-state index in [1.165, 1.54) is 23.1 Å². The monoisotopic (exact) mass is 296 g/mol. The first-order valence-corrected chi connectivity index (χ1v) is 6.88. The number of nitrogens with one attached hydrogen (secondary N) is 1. The van der Waals surface area contributed by atoms with Crippen LogP contribution in [0.5, 0.6) is 0 Å². The number of halogens is 2. The average molecular weight is 297 g/mol. The predicted molar refractivity (Wildman–Crippen MR) is 73.4 cm³/mol. The predicted octanol–water partition coefficient (Wildman–Crippen LogP) is 2.90. The fourth-order valence-corrected chi connectivity index (χ4v) is 2.84. The topological polar surface area (TPSA) is 47.2 Å². The Morgan fingerprint density at radius 3 is 2.95 bits per heavy atom. The van der Waals surface area contributed by atoms with Gasteiger partial charge in [0.2, 0.25) is 0 Å². The van der Waals surface area contributed by atoms with Gasteiger partial charge in [-0.1, -0.05) is 17.7 Å². The molecule has 1 fully saturated rings. The van der Waals surface area contributed by atoms with E-state index in [2.05, 4.69) is 5.32 Å². The van der Waals surface area contributed by atoms with E-state index in [1.54, 1.807) is 12.1 Å². The Labute approximate surface area is 120 Å². The molecule has 1 aliphatic heterocycles. The highest BCUT2D eigenvalue weighted by atomic mass is 35.5. The fraction of sp³-hybridized carbons (Fsp3) is 0.357. The van der Waals surface area contributed by atoms with Gasteiger partial charge in [0.05, 0.1) is 6.04 Å². The summed E-state index contributed by atoms with van der Waals surface area (Å²) in [6.07, 6.45) is 2.76. The summed E-state index contributed by atoms with van der Waals surface area (Å²) in [7, 11) is 0. The van der Waals surface area contributed by atoms with Crippen LogP contribution in [-0.2, 0) is 0 Å². The maximum Gasteiger partial charge on any atom is 0.282 e. The molecule has 0 amide bonds. The Morgan fingerprint density at radius 2 is 2.25 bits per heavy atom. The number of nitrogens with zero attached hydrogens (tertiary/aromatic N) is 1. The molecule has 1 aromatic heterocycles. The quantitative estimate of drug-likeness (QED) is 0.927. The minimum absolute atomic E-state index is 0.0566. The molecule has 4 nitrogen and oxygen atoms in total. The van der Waals surface area contributed by atoms with Gasteiger partial charge in [-0.15, -0.1) is 0 Å². The van der Waals surface area contributed by atoms with Crippen molar-refractivity contribution in [2.24, 2.45) is 0 Å². The fourth-order valence-electron chi connectivity index (χ4n) is 2.68. The molecule has 20 heavy (non-hydrogen) atoms. The molecule has 0 saturated carbocycles. The molecule has 0 spiro atoms. The molecule has 1 aliphatic rings. The van der Waals surface area contributed by atoms with Gasteiger partial charge in [-0.2, -0.15) is 4.74 Å². The van der Waals surface area contributed by atoms with Gasteiger partial charge in [0, 0.05) is 22.7 Å². The largest absolute Gasteiger partial charge is 0.384 e. The zero-order valence-electron chi connectivity index (χ0n) is 10.7. The molecular weight excluding hydrogens is 283 g/mol. The molecule has 0 aliphatic carbocycles. The highest BCUT2D eigenvalue weighted by Gasteiger charge is 2.27. The lowest BCUT2D eigenvalue weighted by Crippen LogP contribution is -2.35. The van der Waals surface area contributed by atoms with Crippen molar-refractivity contribution in [3.63, 3.8) is 0 Å². The number of hydrogen-bond acceptors (Lipinski definition) is 3. The van der Waals surface area contributed by atoms with E-state index >= 15 is 0 Å². The summed E-state index contributed by atoms with van der Waals surface area (Å²) < 4.78 is 20.5. The van der Waals surface area contributed by atoms with Crippen molar-refractivity contribution in [3.8, 4) is 0 Å². The third-order valence-electron chi connectivity index (χ3n) is 3.65. The summed E-state index contributed by atoms with van der Waals surface area (Å²) >= 11 is 5.77. The summed E-state index contributed by atoms with van der Waals surface area (Å²) in [6.45, 7) is 0.699. The minimum atomic E-state index is -0.331. The van der Waals surface area contributed by atoms with Gasteiger partial charge in [0.15, 0.2) is 0 Å². The summed E-state index contributed by atoms with van der Waals surface area (Å²) in [5.74, 6) is -0.331. The van der Waals surface area contributed by atoms with Gasteiger partial charge < -0.3 is 9.84 Å². The van der Waals surface area contributed by atoms with E-state index in [0.717, 1.165) is 6.42 Å². The van der Waals surface area contributed by atoms with Gasteiger partial charge in [0.25, 0.3) is 5.56 Å². The first kappa shape index (κ1) is 13.4. The standard InChI is InChI=1S/C14H14ClFN2O2/c15-9-1-2-11(12(16)7-9)13-8-10(3-5-17-13)18-14(19)4-6-20-18/h1-2,4,6-7,10,13,17H,3,5,8H2/t10-,13-/m0/s1. The van der Waals surface area contributed by atoms with Crippen molar-refractivity contribution in [3.05, 3.63) is 57.3 Å². The first-order valence-electron chi connectivity index (χ1n) is 6.50. The van der Waals surface area contributed by atoms with E-state index in [-0.39, 0.29) is 23.5 Å². The van der Waals surface area contributed by atoms with Crippen LogP contribution in [0, 0.1) is 5.82 Å². The maximum absolute atomic E-state index is 14.0. The number of aromatic nitrogens is 1. The van der Waals surface area contributed by atoms with Crippen LogP contribution in [0.25, 0.3) is 0 Å². The van der Waals surface area contributed by atoms with Gasteiger partial charge in [-0.05, 0) is 31.5 Å². The molecule has 0 unspecified atom stereocenters. The molecule has 2 aromatic rings. The summed E-state index contributed by atoms with van der Waals surface area (Å²) in [5.41, 5.74) is 0.408. The van der Waals surface area contributed by atoms with Crippen LogP contribution >= 0.6 is 11.6 Å². The molecule has 0 radical (unpaired) electrons. The Balaban J connectivity index is 1.85. The lowest BCUT2D eigenvalue weighted by atomic mass is 9.93. The van der Waals surface area contributed by atoms with E-state index in [9.17, 15) is 9.18 Å². The van der Waals surface area contributed by atoms with Crippen LogP contribution in [0.15, 0.2) is 39.8 Å². The highest BCUT2D eigenvalue weighted by molar-refractivity contribution is 6.30. The zero-order valence-corrected chi connectivity index (χ0v) is 11.4. The zero-order chi connectivity index (χ0) is 14.1. The maximum atomic E-state index is 14.0. The summed E-state index contributed by atoms with van der Waals surface area (Å²) in [4.78, 5) is 11.6. The molecule has 3 rings (SSSR count). The van der Waals surface area contributed by atoms with Gasteiger partial charge in [-0.25, -0.2) is 4.39 Å². The number of benzene rings is 1. The Morgan fingerprint density at radius 1 is 1.40 bits per heavy atom. The second-order valence-electron chi connectivity index (χ2n) is 4.92. The van der Waals surface area contributed by atoms with E-state index in [4.69, 9.17) is 16.1 Å². The van der Waals surface area contributed by atoms with Gasteiger partial charge in [-0.3, -0.25) is 4.79 Å². The van der Waals surface area contributed by atoms with Crippen LogP contribution in [0.4, 0.5) is 4.39 Å². The third-order valence-corrected chi connectivity index (χ3v) is 3.88. The lowest BCUT2D eigenvalue weighted by molar-refractivity contribution is 0.160. The number of hydrogen-bond donors (Lipinski definition) is 1. The SMILES string of the molecule is O=c1ccon1[C@H]1CCN[C@H](c2ccc(Cl)cc2F)C1. The van der Waals surface area contributed by atoms with Crippen LogP contribution < -0.4 is 10.9 Å². The van der Waals surface area contributed by atoms with Crippen molar-refractivity contribution in [1.82, 2.24) is 10.1 Å². The van der Waals surface area contributed by atoms with E-state index in [1.807, 2.05) is 0 Å². The number of piperidine rings is 1. The van der Waals surface area contributed by atoms with Crippen molar-refractivity contribution < 1.29 is 8.91 Å². The average Bonchev–Trinajstić information content (AvgIpc) is 2.85. The molecule has 0 bridgehead atoms. The molecule has 106 valence electrons. The number of rotatable bonds is 2. The Hall–Kier alpha value is -1.59. The minimum Gasteiger partial charge on any atom is -0.384 e. The Bertz CT molecular complexity index is 667. The molecular formula is C14H14ClFN2O2. The normalized spacial score (nSPS) is 22.9. The smallest absolute Gasteiger partial charge is 0.282 e. The second-order valence-corrected chi connectivity index (χ2v) is 5.36. The van der Waals surface area contributed by atoms with Crippen molar-refractivity contribution in [2.45, 2.75) is 24.9 Å². The molecule has 2 atom stereocenters. The second kappa shape index (κ2) is 5.42. The van der Waals surface area contributed by atoms with Gasteiger partial charge in [0.1, 0.15) is 12.1 Å². The van der Waals surface area contributed by atoms with Crippen molar-refractivity contribution >= 4 is 11.6 Å². The van der Waals surface area contributed by atoms with E-state index in [0.29, 0.717) is 23.6 Å². The first-order chi connectivity index (χ1) is 9.65. The highest BCUT2D eigenvalue weighted by Crippen LogP contribution is 2.31. The summed E-state index contributed by atoms with van der Waals surface area (Å²) in [5, 5.41) is 3.64. The molecule has 1 saturated heterocycles. The molecule has 6 heteroatoms. The lowest BCUT2D eigenvalue weighted by Gasteiger charge is -2.30. The molecule has 2 heterocycles.